The topological polar surface area (TPSA) is 61.1 Å². The highest BCUT2D eigenvalue weighted by atomic mass is 19.3. The van der Waals surface area contributed by atoms with Crippen LogP contribution < -0.4 is 0 Å². The minimum Gasteiger partial charge on any atom is -0.508 e. The van der Waals surface area contributed by atoms with E-state index in [2.05, 4.69) is 0 Å². The number of aromatic hydroxyl groups is 1. The molecule has 5 heteroatoms. The van der Waals surface area contributed by atoms with E-state index in [1.165, 1.54) is 0 Å². The molecule has 3 nitrogen and oxygen atoms in total. The van der Waals surface area contributed by atoms with Crippen LogP contribution >= 0.6 is 0 Å². The fraction of sp³-hybridized carbons (Fsp3) is 0.200. The molecule has 0 aliphatic rings. The number of ketones is 1. The average molecular weight is 211 g/mol. The molecule has 0 heterocycles. The predicted molar refractivity (Wildman–Crippen MR) is 47.8 cm³/mol. The maximum atomic E-state index is 12.5. The number of nitriles is 1. The molecule has 78 valence electrons. The lowest BCUT2D eigenvalue weighted by atomic mass is 9.99. The number of phenols is 1. The third kappa shape index (κ3) is 2.10. The Balaban J connectivity index is 3.54. The Morgan fingerprint density at radius 1 is 1.53 bits per heavy atom. The second kappa shape index (κ2) is 4.05. The Bertz CT molecular complexity index is 449. The Morgan fingerprint density at radius 3 is 2.53 bits per heavy atom. The van der Waals surface area contributed by atoms with Crippen molar-refractivity contribution in [3.05, 3.63) is 28.8 Å². The Morgan fingerprint density at radius 2 is 2.13 bits per heavy atom. The van der Waals surface area contributed by atoms with Crippen molar-refractivity contribution < 1.29 is 18.7 Å². The summed E-state index contributed by atoms with van der Waals surface area (Å²) in [6.07, 6.45) is -2.90. The summed E-state index contributed by atoms with van der Waals surface area (Å²) in [5.41, 5.74) is -1.19. The van der Waals surface area contributed by atoms with Crippen molar-refractivity contribution in [2.45, 2.75) is 13.3 Å². The van der Waals surface area contributed by atoms with Crippen LogP contribution in [0.25, 0.3) is 0 Å². The summed E-state index contributed by atoms with van der Waals surface area (Å²) in [4.78, 5) is 11.0. The van der Waals surface area contributed by atoms with Crippen molar-refractivity contribution in [3.8, 4) is 11.8 Å². The van der Waals surface area contributed by atoms with Gasteiger partial charge in [0, 0.05) is 11.1 Å². The average Bonchev–Trinajstić information content (AvgIpc) is 2.16. The number of halogens is 2. The van der Waals surface area contributed by atoms with Gasteiger partial charge in [-0.1, -0.05) is 0 Å². The number of carbonyl (C=O) groups is 1. The minimum atomic E-state index is -2.90. The second-order valence-electron chi connectivity index (χ2n) is 2.93. The third-order valence-corrected chi connectivity index (χ3v) is 1.88. The molecule has 0 unspecified atom stereocenters. The number of alkyl halides is 2. The number of hydrogen-bond donors (Lipinski definition) is 1. The first kappa shape index (κ1) is 11.1. The van der Waals surface area contributed by atoms with Gasteiger partial charge < -0.3 is 5.11 Å². The normalized spacial score (nSPS) is 10.1. The fourth-order valence-electron chi connectivity index (χ4n) is 1.22. The van der Waals surface area contributed by atoms with Crippen molar-refractivity contribution in [1.82, 2.24) is 0 Å². The molecule has 1 aromatic rings. The molecule has 0 radical (unpaired) electrons. The van der Waals surface area contributed by atoms with Crippen molar-refractivity contribution in [2.75, 3.05) is 0 Å². The smallest absolute Gasteiger partial charge is 0.265 e. The molecular formula is C10H7F2NO2. The Hall–Kier alpha value is -1.96. The zero-order chi connectivity index (χ0) is 11.6. The lowest BCUT2D eigenvalue weighted by Gasteiger charge is -2.07. The first-order valence-corrected chi connectivity index (χ1v) is 4.03. The van der Waals surface area contributed by atoms with Gasteiger partial charge in [0.2, 0.25) is 0 Å². The minimum absolute atomic E-state index is 0.187. The second-order valence-corrected chi connectivity index (χ2v) is 2.93. The molecular weight excluding hydrogens is 204 g/mol. The molecule has 0 saturated carbocycles. The van der Waals surface area contributed by atoms with E-state index >= 15 is 0 Å². The highest BCUT2D eigenvalue weighted by molar-refractivity contribution is 5.97. The zero-order valence-corrected chi connectivity index (χ0v) is 7.79. The van der Waals surface area contributed by atoms with Crippen molar-refractivity contribution in [3.63, 3.8) is 0 Å². The van der Waals surface area contributed by atoms with Crippen molar-refractivity contribution in [1.29, 1.82) is 5.26 Å². The van der Waals surface area contributed by atoms with Crippen molar-refractivity contribution in [2.24, 2.45) is 0 Å². The summed E-state index contributed by atoms with van der Waals surface area (Å²) in [5, 5.41) is 17.8. The molecule has 1 N–H and O–H groups in total. The highest BCUT2D eigenvalue weighted by Crippen LogP contribution is 2.29. The first-order chi connectivity index (χ1) is 6.97. The van der Waals surface area contributed by atoms with Crippen LogP contribution in [0.5, 0.6) is 5.75 Å². The van der Waals surface area contributed by atoms with E-state index < -0.39 is 23.5 Å². The summed E-state index contributed by atoms with van der Waals surface area (Å²) in [5.74, 6) is -0.987. The Kier molecular flexibility index (Phi) is 3.00. The lowest BCUT2D eigenvalue weighted by Crippen LogP contribution is -2.01. The van der Waals surface area contributed by atoms with E-state index in [-0.39, 0.29) is 11.1 Å². The molecule has 0 atom stereocenters. The summed E-state index contributed by atoms with van der Waals surface area (Å²) >= 11 is 0. The van der Waals surface area contributed by atoms with Gasteiger partial charge in [-0.3, -0.25) is 4.79 Å². The van der Waals surface area contributed by atoms with Gasteiger partial charge in [-0.2, -0.15) is 5.26 Å². The standard InChI is InChI=1S/C10H7F2NO2/c1-5(14)7-2-6(15)3-8(10(11)12)9(7)4-13/h2-3,10,15H,1H3. The number of nitrogens with zero attached hydrogens (tertiary/aromatic N) is 1. The van der Waals surface area contributed by atoms with Crippen LogP contribution in [0, 0.1) is 11.3 Å². The predicted octanol–water partition coefficient (Wildman–Crippen LogP) is 2.40. The summed E-state index contributed by atoms with van der Waals surface area (Å²) in [7, 11) is 0. The highest BCUT2D eigenvalue weighted by Gasteiger charge is 2.19. The monoisotopic (exact) mass is 211 g/mol. The summed E-state index contributed by atoms with van der Waals surface area (Å²) in [6, 6.07) is 3.34. The van der Waals surface area contributed by atoms with E-state index in [4.69, 9.17) is 10.4 Å². The van der Waals surface area contributed by atoms with E-state index in [1.54, 1.807) is 6.07 Å². The fourth-order valence-corrected chi connectivity index (χ4v) is 1.22. The maximum absolute atomic E-state index is 12.5. The van der Waals surface area contributed by atoms with Gasteiger partial charge in [0.15, 0.2) is 5.78 Å². The summed E-state index contributed by atoms with van der Waals surface area (Å²) in [6.45, 7) is 1.14. The van der Waals surface area contributed by atoms with Gasteiger partial charge >= 0.3 is 0 Å². The van der Waals surface area contributed by atoms with Crippen LogP contribution in [-0.4, -0.2) is 10.9 Å². The van der Waals surface area contributed by atoms with Gasteiger partial charge in [-0.05, 0) is 19.1 Å². The molecule has 0 aliphatic carbocycles. The molecule has 0 saturated heterocycles. The third-order valence-electron chi connectivity index (χ3n) is 1.88. The van der Waals surface area contributed by atoms with E-state index in [0.717, 1.165) is 19.1 Å². The van der Waals surface area contributed by atoms with Gasteiger partial charge in [-0.25, -0.2) is 8.78 Å². The number of rotatable bonds is 2. The van der Waals surface area contributed by atoms with E-state index in [9.17, 15) is 13.6 Å². The van der Waals surface area contributed by atoms with E-state index in [0.29, 0.717) is 0 Å². The van der Waals surface area contributed by atoms with Gasteiger partial charge in [-0.15, -0.1) is 0 Å². The van der Waals surface area contributed by atoms with Crippen LogP contribution in [0.15, 0.2) is 12.1 Å². The van der Waals surface area contributed by atoms with Crippen LogP contribution in [0.4, 0.5) is 8.78 Å². The molecule has 15 heavy (non-hydrogen) atoms. The number of benzene rings is 1. The van der Waals surface area contributed by atoms with Gasteiger partial charge in [0.05, 0.1) is 5.56 Å². The lowest BCUT2D eigenvalue weighted by molar-refractivity contribution is 0.101. The molecule has 0 aliphatic heterocycles. The van der Waals surface area contributed by atoms with Crippen molar-refractivity contribution >= 4 is 5.78 Å². The van der Waals surface area contributed by atoms with Crippen LogP contribution in [-0.2, 0) is 0 Å². The molecule has 0 bridgehead atoms. The quantitative estimate of drug-likeness (QED) is 0.764. The number of Topliss-reactive ketones (excluding diaryl/α,β-unsaturated/α-hetero) is 1. The zero-order valence-electron chi connectivity index (χ0n) is 7.79. The molecule has 1 rings (SSSR count). The number of carbonyl (C=O) groups excluding carboxylic acids is 1. The molecule has 1 aromatic carbocycles. The number of phenolic OH excluding ortho intramolecular Hbond substituents is 1. The van der Waals surface area contributed by atoms with Crippen LogP contribution in [0.1, 0.15) is 34.8 Å². The first-order valence-electron chi connectivity index (χ1n) is 4.03. The van der Waals surface area contributed by atoms with Crippen LogP contribution in [0.3, 0.4) is 0 Å². The largest absolute Gasteiger partial charge is 0.508 e. The van der Waals surface area contributed by atoms with Gasteiger partial charge in [0.25, 0.3) is 6.43 Å². The SMILES string of the molecule is CC(=O)c1cc(O)cc(C(F)F)c1C#N. The summed E-state index contributed by atoms with van der Waals surface area (Å²) < 4.78 is 24.9. The Labute approximate surface area is 84.6 Å². The molecule has 0 fully saturated rings. The molecule has 0 amide bonds. The van der Waals surface area contributed by atoms with E-state index in [1.807, 2.05) is 0 Å². The maximum Gasteiger partial charge on any atom is 0.265 e. The number of hydrogen-bond acceptors (Lipinski definition) is 3. The molecule has 0 spiro atoms. The molecule has 0 aromatic heterocycles. The van der Waals surface area contributed by atoms with Crippen LogP contribution in [0.2, 0.25) is 0 Å². The van der Waals surface area contributed by atoms with Gasteiger partial charge in [0.1, 0.15) is 11.8 Å².